The number of barbiturate groups is 1. The van der Waals surface area contributed by atoms with E-state index in [0.29, 0.717) is 21.3 Å². The summed E-state index contributed by atoms with van der Waals surface area (Å²) in [7, 11) is 0. The van der Waals surface area contributed by atoms with Crippen LogP contribution in [0.4, 0.5) is 14.9 Å². The second-order valence-electron chi connectivity index (χ2n) is 7.41. The molecule has 176 valence electrons. The summed E-state index contributed by atoms with van der Waals surface area (Å²) in [4.78, 5) is 49.9. The Hall–Kier alpha value is -4.31. The first-order chi connectivity index (χ1) is 16.7. The summed E-state index contributed by atoms with van der Waals surface area (Å²) in [5.41, 5.74) is 0.841. The molecule has 0 aliphatic carbocycles. The fourth-order valence-corrected chi connectivity index (χ4v) is 3.68. The Morgan fingerprint density at radius 3 is 2.37 bits per heavy atom. The van der Waals surface area contributed by atoms with Gasteiger partial charge in [0.15, 0.2) is 0 Å². The molecule has 1 fully saturated rings. The van der Waals surface area contributed by atoms with Gasteiger partial charge in [0.25, 0.3) is 11.8 Å². The maximum atomic E-state index is 13.2. The molecular weight excluding hydrogens is 523 g/mol. The maximum absolute atomic E-state index is 13.2. The minimum Gasteiger partial charge on any atom is -0.488 e. The van der Waals surface area contributed by atoms with Crippen molar-refractivity contribution < 1.29 is 33.4 Å². The van der Waals surface area contributed by atoms with Gasteiger partial charge in [0, 0.05) is 10.0 Å². The van der Waals surface area contributed by atoms with Gasteiger partial charge in [-0.3, -0.25) is 14.9 Å². The second-order valence-corrected chi connectivity index (χ2v) is 8.32. The van der Waals surface area contributed by atoms with Gasteiger partial charge >= 0.3 is 12.0 Å². The molecular formula is C25H16BrFN2O6. The number of urea groups is 1. The number of hydrogen-bond donors (Lipinski definition) is 2. The average Bonchev–Trinajstić information content (AvgIpc) is 2.82. The summed E-state index contributed by atoms with van der Waals surface area (Å²) in [6.45, 7) is 0.110. The first-order valence-electron chi connectivity index (χ1n) is 10.1. The molecule has 2 N–H and O–H groups in total. The molecule has 4 rings (SSSR count). The van der Waals surface area contributed by atoms with Gasteiger partial charge in [-0.15, -0.1) is 0 Å². The van der Waals surface area contributed by atoms with E-state index in [0.717, 1.165) is 4.90 Å². The van der Waals surface area contributed by atoms with Crippen molar-refractivity contribution in [3.05, 3.63) is 99.3 Å². The lowest BCUT2D eigenvalue weighted by Gasteiger charge is -2.26. The Morgan fingerprint density at radius 2 is 1.71 bits per heavy atom. The number of nitrogens with zero attached hydrogens (tertiary/aromatic N) is 1. The van der Waals surface area contributed by atoms with Crippen molar-refractivity contribution in [3.8, 4) is 5.75 Å². The number of anilines is 1. The van der Waals surface area contributed by atoms with Crippen LogP contribution in [-0.4, -0.2) is 28.9 Å². The highest BCUT2D eigenvalue weighted by molar-refractivity contribution is 9.10. The number of hydrogen-bond acceptors (Lipinski definition) is 5. The molecule has 8 nitrogen and oxygen atoms in total. The lowest BCUT2D eigenvalue weighted by Crippen LogP contribution is -2.54. The van der Waals surface area contributed by atoms with E-state index in [1.54, 1.807) is 30.3 Å². The fourth-order valence-electron chi connectivity index (χ4n) is 3.31. The summed E-state index contributed by atoms with van der Waals surface area (Å²) < 4.78 is 19.6. The first kappa shape index (κ1) is 23.8. The van der Waals surface area contributed by atoms with Gasteiger partial charge < -0.3 is 9.84 Å². The van der Waals surface area contributed by atoms with Crippen LogP contribution in [0.25, 0.3) is 6.08 Å². The molecule has 10 heteroatoms. The van der Waals surface area contributed by atoms with E-state index in [9.17, 15) is 23.6 Å². The first-order valence-corrected chi connectivity index (χ1v) is 10.9. The number of carboxylic acids is 1. The summed E-state index contributed by atoms with van der Waals surface area (Å²) >= 11 is 3.35. The Kier molecular flexibility index (Phi) is 6.74. The highest BCUT2D eigenvalue weighted by atomic mass is 79.9. The van der Waals surface area contributed by atoms with Gasteiger partial charge in [0.1, 0.15) is 23.7 Å². The Labute approximate surface area is 206 Å². The molecule has 1 aliphatic rings. The van der Waals surface area contributed by atoms with Crippen LogP contribution in [-0.2, 0) is 16.2 Å². The van der Waals surface area contributed by atoms with Gasteiger partial charge in [-0.25, -0.2) is 18.9 Å². The number of amides is 4. The minimum atomic E-state index is -1.16. The number of carboxylic acid groups (broad SMARTS) is 1. The van der Waals surface area contributed by atoms with Crippen LogP contribution >= 0.6 is 15.9 Å². The van der Waals surface area contributed by atoms with Crippen molar-refractivity contribution in [3.63, 3.8) is 0 Å². The third kappa shape index (κ3) is 5.28. The Bertz CT molecular complexity index is 1370. The van der Waals surface area contributed by atoms with Crippen molar-refractivity contribution in [1.82, 2.24) is 5.32 Å². The monoisotopic (exact) mass is 538 g/mol. The molecule has 3 aromatic rings. The zero-order valence-electron chi connectivity index (χ0n) is 17.8. The van der Waals surface area contributed by atoms with E-state index in [2.05, 4.69) is 21.2 Å². The predicted molar refractivity (Wildman–Crippen MR) is 127 cm³/mol. The molecule has 0 spiro atoms. The van der Waals surface area contributed by atoms with Gasteiger partial charge in [-0.05, 0) is 66.2 Å². The summed E-state index contributed by atoms with van der Waals surface area (Å²) in [5.74, 6) is -2.96. The maximum Gasteiger partial charge on any atom is 0.335 e. The van der Waals surface area contributed by atoms with E-state index in [4.69, 9.17) is 9.84 Å². The second kappa shape index (κ2) is 9.90. The van der Waals surface area contributed by atoms with Crippen molar-refractivity contribution in [1.29, 1.82) is 0 Å². The number of imide groups is 2. The van der Waals surface area contributed by atoms with E-state index in [-0.39, 0.29) is 29.2 Å². The van der Waals surface area contributed by atoms with Crippen LogP contribution in [0.2, 0.25) is 0 Å². The normalized spacial score (nSPS) is 14.7. The highest BCUT2D eigenvalue weighted by Crippen LogP contribution is 2.29. The third-order valence-electron chi connectivity index (χ3n) is 5.05. The van der Waals surface area contributed by atoms with Gasteiger partial charge in [-0.2, -0.15) is 0 Å². The van der Waals surface area contributed by atoms with E-state index in [1.807, 2.05) is 0 Å². The molecule has 0 aromatic heterocycles. The molecule has 1 saturated heterocycles. The lowest BCUT2D eigenvalue weighted by molar-refractivity contribution is -0.122. The van der Waals surface area contributed by atoms with Crippen LogP contribution in [0.5, 0.6) is 5.75 Å². The predicted octanol–water partition coefficient (Wildman–Crippen LogP) is 4.53. The molecule has 1 aliphatic heterocycles. The van der Waals surface area contributed by atoms with Crippen LogP contribution in [0.3, 0.4) is 0 Å². The fraction of sp³-hybridized carbons (Fsp3) is 0.0400. The van der Waals surface area contributed by atoms with E-state index >= 15 is 0 Å². The summed E-state index contributed by atoms with van der Waals surface area (Å²) in [6.07, 6.45) is 1.30. The molecule has 0 atom stereocenters. The van der Waals surface area contributed by atoms with Crippen molar-refractivity contribution >= 4 is 51.5 Å². The van der Waals surface area contributed by atoms with Gasteiger partial charge in [0.05, 0.1) is 11.3 Å². The number of carbonyl (C=O) groups is 4. The molecule has 3 aromatic carbocycles. The van der Waals surface area contributed by atoms with Crippen molar-refractivity contribution in [2.75, 3.05) is 4.90 Å². The average molecular weight is 539 g/mol. The van der Waals surface area contributed by atoms with Crippen LogP contribution in [0, 0.1) is 5.82 Å². The standard InChI is InChI=1S/C25H16BrFN2O6/c26-17-5-10-21(35-13-14-1-6-18(27)7-2-14)16(11-17)12-20-22(30)28-25(34)29(23(20)31)19-8-3-15(4-9-19)24(32)33/h1-12H,13H2,(H,32,33)(H,28,30,34)/b20-12+. The number of halogens is 2. The Balaban J connectivity index is 1.65. The van der Waals surface area contributed by atoms with Crippen LogP contribution in [0.15, 0.2) is 76.8 Å². The lowest BCUT2D eigenvalue weighted by atomic mass is 10.1. The topological polar surface area (TPSA) is 113 Å². The zero-order chi connectivity index (χ0) is 25.1. The van der Waals surface area contributed by atoms with Crippen LogP contribution < -0.4 is 15.0 Å². The number of aromatic carboxylic acids is 1. The van der Waals surface area contributed by atoms with Gasteiger partial charge in [-0.1, -0.05) is 28.1 Å². The Morgan fingerprint density at radius 1 is 1.03 bits per heavy atom. The zero-order valence-corrected chi connectivity index (χ0v) is 19.4. The number of rotatable bonds is 6. The summed E-state index contributed by atoms with van der Waals surface area (Å²) in [5, 5.41) is 11.2. The van der Waals surface area contributed by atoms with E-state index < -0.39 is 23.8 Å². The summed E-state index contributed by atoms with van der Waals surface area (Å²) in [6, 6.07) is 14.9. The highest BCUT2D eigenvalue weighted by Gasteiger charge is 2.37. The van der Waals surface area contributed by atoms with E-state index in [1.165, 1.54) is 42.5 Å². The molecule has 0 saturated carbocycles. The number of benzene rings is 3. The minimum absolute atomic E-state index is 0.0254. The molecule has 0 bridgehead atoms. The molecule has 35 heavy (non-hydrogen) atoms. The van der Waals surface area contributed by atoms with Crippen molar-refractivity contribution in [2.24, 2.45) is 0 Å². The quantitative estimate of drug-likeness (QED) is 0.352. The van der Waals surface area contributed by atoms with Crippen molar-refractivity contribution in [2.45, 2.75) is 6.61 Å². The number of carbonyl (C=O) groups excluding carboxylic acids is 3. The molecule has 0 radical (unpaired) electrons. The molecule has 0 unspecified atom stereocenters. The third-order valence-corrected chi connectivity index (χ3v) is 5.55. The SMILES string of the molecule is O=C1NC(=O)N(c2ccc(C(=O)O)cc2)C(=O)/C1=C/c1cc(Br)ccc1OCc1ccc(F)cc1. The van der Waals surface area contributed by atoms with Crippen LogP contribution in [0.1, 0.15) is 21.5 Å². The molecule has 4 amide bonds. The largest absolute Gasteiger partial charge is 0.488 e. The smallest absolute Gasteiger partial charge is 0.335 e. The molecule has 1 heterocycles. The van der Waals surface area contributed by atoms with Gasteiger partial charge in [0.2, 0.25) is 0 Å². The number of ether oxygens (including phenoxy) is 1. The number of nitrogens with one attached hydrogen (secondary N) is 1.